The number of furan rings is 1. The molecule has 1 aliphatic rings. The van der Waals surface area contributed by atoms with Gasteiger partial charge in [0.15, 0.2) is 0 Å². The molecule has 2 nitrogen and oxygen atoms in total. The van der Waals surface area contributed by atoms with E-state index in [0.717, 1.165) is 55.1 Å². The normalized spacial score (nSPS) is 14.4. The molecule has 10 rings (SSSR count). The summed E-state index contributed by atoms with van der Waals surface area (Å²) in [5.74, 6) is 0. The molecule has 2 heteroatoms. The molecule has 238 valence electrons. The highest BCUT2D eigenvalue weighted by atomic mass is 16.3. The van der Waals surface area contributed by atoms with E-state index in [9.17, 15) is 0 Å². The van der Waals surface area contributed by atoms with E-state index in [-0.39, 0.29) is 11.0 Å². The number of benzene rings is 8. The van der Waals surface area contributed by atoms with E-state index in [1.54, 1.807) is 12.1 Å². The number of aryl methyl sites for hydroxylation is 1. The average molecular weight is 645 g/mol. The van der Waals surface area contributed by atoms with Gasteiger partial charge in [-0.3, -0.25) is 0 Å². The Morgan fingerprint density at radius 3 is 2.14 bits per heavy atom. The van der Waals surface area contributed by atoms with Crippen LogP contribution in [-0.2, 0) is 5.41 Å². The van der Waals surface area contributed by atoms with Crippen LogP contribution in [0.25, 0.3) is 65.7 Å². The zero-order valence-corrected chi connectivity index (χ0v) is 27.9. The number of nitrogens with zero attached hydrogens (tertiary/aromatic N) is 1. The third-order valence-corrected chi connectivity index (χ3v) is 10.8. The summed E-state index contributed by atoms with van der Waals surface area (Å²) in [6.07, 6.45) is 0. The predicted octanol–water partition coefficient (Wildman–Crippen LogP) is 13.6. The molecule has 0 atom stereocenters. The molecule has 0 saturated heterocycles. The van der Waals surface area contributed by atoms with Crippen LogP contribution in [0.3, 0.4) is 0 Å². The molecule has 50 heavy (non-hydrogen) atoms. The van der Waals surface area contributed by atoms with Crippen LogP contribution in [0.1, 0.15) is 34.7 Å². The first-order chi connectivity index (χ1) is 25.7. The monoisotopic (exact) mass is 644 g/mol. The van der Waals surface area contributed by atoms with Gasteiger partial charge in [0.05, 0.1) is 5.69 Å². The van der Waals surface area contributed by atoms with Crippen molar-refractivity contribution >= 4 is 60.5 Å². The molecular formula is C48H35NO. The lowest BCUT2D eigenvalue weighted by atomic mass is 9.82. The Morgan fingerprint density at radius 2 is 1.28 bits per heavy atom. The van der Waals surface area contributed by atoms with Crippen LogP contribution in [0.5, 0.6) is 0 Å². The minimum absolute atomic E-state index is 0.192. The van der Waals surface area contributed by atoms with E-state index in [1.807, 2.05) is 18.2 Å². The van der Waals surface area contributed by atoms with Crippen LogP contribution in [0, 0.1) is 6.85 Å². The average Bonchev–Trinajstić information content (AvgIpc) is 3.67. The van der Waals surface area contributed by atoms with Crippen molar-refractivity contribution in [2.75, 3.05) is 4.90 Å². The molecule has 1 heterocycles. The van der Waals surface area contributed by atoms with Crippen LogP contribution < -0.4 is 4.90 Å². The van der Waals surface area contributed by atoms with Gasteiger partial charge in [-0.2, -0.15) is 0 Å². The van der Waals surface area contributed by atoms with Crippen molar-refractivity contribution in [3.05, 3.63) is 174 Å². The highest BCUT2D eigenvalue weighted by Gasteiger charge is 2.36. The lowest BCUT2D eigenvalue weighted by molar-refractivity contribution is 0.660. The molecular weight excluding hydrogens is 607 g/mol. The maximum Gasteiger partial charge on any atom is 0.144 e. The van der Waals surface area contributed by atoms with E-state index in [2.05, 4.69) is 146 Å². The first-order valence-electron chi connectivity index (χ1n) is 18.7. The molecule has 0 N–H and O–H groups in total. The molecule has 1 aromatic heterocycles. The summed E-state index contributed by atoms with van der Waals surface area (Å²) in [5, 5.41) is 5.53. The molecule has 8 aromatic carbocycles. The van der Waals surface area contributed by atoms with E-state index < -0.39 is 6.85 Å². The summed E-state index contributed by atoms with van der Waals surface area (Å²) in [6.45, 7) is 2.29. The minimum atomic E-state index is -2.32. The maximum absolute atomic E-state index is 8.51. The summed E-state index contributed by atoms with van der Waals surface area (Å²) < 4.78 is 32.2. The zero-order chi connectivity index (χ0) is 36.1. The highest BCUT2D eigenvalue weighted by molar-refractivity contribution is 6.27. The topological polar surface area (TPSA) is 16.4 Å². The van der Waals surface area contributed by atoms with Crippen molar-refractivity contribution in [2.45, 2.75) is 26.1 Å². The smallest absolute Gasteiger partial charge is 0.144 e. The van der Waals surface area contributed by atoms with Crippen LogP contribution in [0.4, 0.5) is 17.1 Å². The molecule has 0 bridgehead atoms. The summed E-state index contributed by atoms with van der Waals surface area (Å²) in [4.78, 5) is 2.33. The molecule has 0 saturated carbocycles. The van der Waals surface area contributed by atoms with Gasteiger partial charge in [0, 0.05) is 42.4 Å². The van der Waals surface area contributed by atoms with Gasteiger partial charge in [0.2, 0.25) is 0 Å². The Balaban J connectivity index is 1.31. The van der Waals surface area contributed by atoms with Crippen LogP contribution in [-0.4, -0.2) is 0 Å². The second-order valence-corrected chi connectivity index (χ2v) is 13.9. The summed E-state index contributed by atoms with van der Waals surface area (Å²) in [5.41, 5.74) is 11.7. The molecule has 0 amide bonds. The fourth-order valence-electron chi connectivity index (χ4n) is 8.32. The van der Waals surface area contributed by atoms with Gasteiger partial charge in [-0.25, -0.2) is 0 Å². The number of hydrogen-bond acceptors (Lipinski definition) is 2. The maximum atomic E-state index is 8.51. The van der Waals surface area contributed by atoms with Gasteiger partial charge in [-0.05, 0) is 93.0 Å². The van der Waals surface area contributed by atoms with Crippen molar-refractivity contribution in [1.82, 2.24) is 0 Å². The third-order valence-electron chi connectivity index (χ3n) is 10.8. The van der Waals surface area contributed by atoms with Crippen molar-refractivity contribution in [3.8, 4) is 22.3 Å². The van der Waals surface area contributed by atoms with Gasteiger partial charge in [0.25, 0.3) is 0 Å². The third kappa shape index (κ3) is 4.15. The molecule has 9 aromatic rings. The number of anilines is 3. The van der Waals surface area contributed by atoms with Crippen molar-refractivity contribution in [2.24, 2.45) is 0 Å². The largest absolute Gasteiger partial charge is 0.455 e. The van der Waals surface area contributed by atoms with Gasteiger partial charge in [0.1, 0.15) is 11.2 Å². The minimum Gasteiger partial charge on any atom is -0.455 e. The Hall–Kier alpha value is -6.12. The number of rotatable bonds is 4. The summed E-state index contributed by atoms with van der Waals surface area (Å²) in [7, 11) is 0. The van der Waals surface area contributed by atoms with Crippen molar-refractivity contribution < 1.29 is 8.53 Å². The summed E-state index contributed by atoms with van der Waals surface area (Å²) in [6, 6.07) is 54.9. The molecule has 1 aliphatic carbocycles. The Bertz CT molecular complexity index is 2900. The van der Waals surface area contributed by atoms with Crippen LogP contribution in [0.2, 0.25) is 0 Å². The van der Waals surface area contributed by atoms with E-state index in [4.69, 9.17) is 8.53 Å². The first kappa shape index (κ1) is 25.8. The lowest BCUT2D eigenvalue weighted by Crippen LogP contribution is -2.16. The van der Waals surface area contributed by atoms with E-state index in [0.29, 0.717) is 16.6 Å². The Kier molecular flexibility index (Phi) is 5.52. The highest BCUT2D eigenvalue weighted by Crippen LogP contribution is 2.52. The standard InChI is InChI=1S/C48H35NO/c1-30-12-11-19-44-45(30)40-29-43(39-26-22-33-15-7-8-16-36(33)46(39)47(40)50-44)49(34-23-20-32(21-24-34)31-13-5-4-6-14-31)35-25-27-38-37-17-9-10-18-41(37)48(2,3)42(38)28-35/h4-29H,1-3H3/i1D3. The quantitative estimate of drug-likeness (QED) is 0.177. The van der Waals surface area contributed by atoms with Crippen molar-refractivity contribution in [3.63, 3.8) is 0 Å². The SMILES string of the molecule is [2H]C([2H])([2H])c1cccc2oc3c(cc(N(c4ccc(-c5ccccc5)cc4)c4ccc5c(c4)C(C)(C)c4ccccc4-5)c4ccc5ccccc5c43)c12. The van der Waals surface area contributed by atoms with Crippen LogP contribution in [0.15, 0.2) is 162 Å². The first-order valence-corrected chi connectivity index (χ1v) is 17.2. The second kappa shape index (κ2) is 10.7. The Labute approximate surface area is 296 Å². The molecule has 0 radical (unpaired) electrons. The Morgan fingerprint density at radius 1 is 0.540 bits per heavy atom. The van der Waals surface area contributed by atoms with Gasteiger partial charge in [-0.15, -0.1) is 0 Å². The van der Waals surface area contributed by atoms with Gasteiger partial charge < -0.3 is 9.32 Å². The number of hydrogen-bond donors (Lipinski definition) is 0. The zero-order valence-electron chi connectivity index (χ0n) is 30.9. The lowest BCUT2D eigenvalue weighted by Gasteiger charge is -2.29. The predicted molar refractivity (Wildman–Crippen MR) is 211 cm³/mol. The van der Waals surface area contributed by atoms with E-state index in [1.165, 1.54) is 22.3 Å². The van der Waals surface area contributed by atoms with Gasteiger partial charge >= 0.3 is 0 Å². The van der Waals surface area contributed by atoms with E-state index >= 15 is 0 Å². The molecule has 0 spiro atoms. The van der Waals surface area contributed by atoms with Gasteiger partial charge in [-0.1, -0.05) is 135 Å². The fraction of sp³-hybridized carbons (Fsp3) is 0.0833. The molecule has 0 unspecified atom stereocenters. The summed E-state index contributed by atoms with van der Waals surface area (Å²) >= 11 is 0. The fourth-order valence-corrected chi connectivity index (χ4v) is 8.32. The second-order valence-electron chi connectivity index (χ2n) is 13.9. The van der Waals surface area contributed by atoms with Crippen LogP contribution >= 0.6 is 0 Å². The molecule has 0 aliphatic heterocycles. The van der Waals surface area contributed by atoms with Crippen molar-refractivity contribution in [1.29, 1.82) is 0 Å². The molecule has 0 fully saturated rings. The number of fused-ring (bicyclic) bond motifs is 10.